The van der Waals surface area contributed by atoms with Crippen LogP contribution in [-0.2, 0) is 16.0 Å². The van der Waals surface area contributed by atoms with Crippen LogP contribution < -0.4 is 5.32 Å². The molecule has 1 fully saturated rings. The number of carbonyl (C=O) groups excluding carboxylic acids is 2. The number of aromatic nitrogens is 1. The predicted molar refractivity (Wildman–Crippen MR) is 123 cm³/mol. The zero-order valence-corrected chi connectivity index (χ0v) is 18.2. The van der Waals surface area contributed by atoms with Gasteiger partial charge in [0.05, 0.1) is 16.8 Å². The van der Waals surface area contributed by atoms with Gasteiger partial charge >= 0.3 is 5.97 Å². The number of nitrogens with one attached hydrogen (secondary N) is 1. The molecule has 0 saturated heterocycles. The second-order valence-corrected chi connectivity index (χ2v) is 9.18. The molecule has 2 aromatic heterocycles. The van der Waals surface area contributed by atoms with Crippen LogP contribution in [0.1, 0.15) is 59.1 Å². The summed E-state index contributed by atoms with van der Waals surface area (Å²) in [6.07, 6.45) is 5.96. The number of thiophene rings is 1. The molecule has 0 radical (unpaired) electrons. The van der Waals surface area contributed by atoms with Crippen LogP contribution in [0.5, 0.6) is 0 Å². The number of hydrogen-bond donors (Lipinski definition) is 1. The molecule has 1 aromatic carbocycles. The fourth-order valence-electron chi connectivity index (χ4n) is 4.07. The molecular weight excluding hydrogens is 408 g/mol. The minimum absolute atomic E-state index is 0.230. The first kappa shape index (κ1) is 19.9. The Balaban J connectivity index is 1.55. The van der Waals surface area contributed by atoms with Crippen LogP contribution in [0.3, 0.4) is 0 Å². The lowest BCUT2D eigenvalue weighted by Crippen LogP contribution is -2.37. The van der Waals surface area contributed by atoms with E-state index in [4.69, 9.17) is 9.72 Å². The van der Waals surface area contributed by atoms with Crippen molar-refractivity contribution in [2.75, 3.05) is 0 Å². The van der Waals surface area contributed by atoms with E-state index < -0.39 is 12.1 Å². The average molecular weight is 433 g/mol. The second-order valence-electron chi connectivity index (χ2n) is 8.20. The van der Waals surface area contributed by atoms with Gasteiger partial charge in [0.1, 0.15) is 0 Å². The summed E-state index contributed by atoms with van der Waals surface area (Å²) in [6, 6.07) is 12.0. The Kier molecular flexibility index (Phi) is 5.32. The molecule has 1 amide bonds. The lowest BCUT2D eigenvalue weighted by Gasteiger charge is -2.23. The zero-order chi connectivity index (χ0) is 21.4. The Morgan fingerprint density at radius 1 is 1.19 bits per heavy atom. The molecule has 3 aromatic rings. The summed E-state index contributed by atoms with van der Waals surface area (Å²) in [7, 11) is 0. The highest BCUT2D eigenvalue weighted by Crippen LogP contribution is 2.37. The van der Waals surface area contributed by atoms with Gasteiger partial charge in [-0.3, -0.25) is 4.79 Å². The molecule has 2 heterocycles. The molecule has 6 heteroatoms. The third-order valence-electron chi connectivity index (χ3n) is 5.81. The van der Waals surface area contributed by atoms with E-state index in [0.29, 0.717) is 5.56 Å². The minimum Gasteiger partial charge on any atom is -0.449 e. The Bertz CT molecular complexity index is 1180. The largest absolute Gasteiger partial charge is 0.449 e. The molecule has 1 N–H and O–H groups in total. The Morgan fingerprint density at radius 3 is 2.81 bits per heavy atom. The third kappa shape index (κ3) is 4.12. The van der Waals surface area contributed by atoms with Crippen LogP contribution in [0.4, 0.5) is 0 Å². The summed E-state index contributed by atoms with van der Waals surface area (Å²) in [6.45, 7) is 1.63. The van der Waals surface area contributed by atoms with E-state index in [9.17, 15) is 9.59 Å². The highest BCUT2D eigenvalue weighted by atomic mass is 32.1. The molecule has 1 unspecified atom stereocenters. The number of carbonyl (C=O) groups is 2. The number of allylic oxidation sites excluding steroid dienone is 1. The zero-order valence-electron chi connectivity index (χ0n) is 17.4. The van der Waals surface area contributed by atoms with Crippen molar-refractivity contribution in [2.24, 2.45) is 0 Å². The summed E-state index contributed by atoms with van der Waals surface area (Å²) >= 11 is 1.69. The number of esters is 1. The number of rotatable bonds is 5. The third-order valence-corrected chi connectivity index (χ3v) is 6.63. The van der Waals surface area contributed by atoms with Crippen LogP contribution in [0.15, 0.2) is 41.8 Å². The number of para-hydroxylation sites is 1. The van der Waals surface area contributed by atoms with Crippen molar-refractivity contribution < 1.29 is 14.3 Å². The van der Waals surface area contributed by atoms with Crippen molar-refractivity contribution in [3.63, 3.8) is 0 Å². The lowest BCUT2D eigenvalue weighted by atomic mass is 9.86. The molecule has 31 heavy (non-hydrogen) atoms. The molecular formula is C25H24N2O3S. The van der Waals surface area contributed by atoms with E-state index in [-0.39, 0.29) is 11.9 Å². The standard InChI is InChI=1S/C25H24N2O3S/c1-15(24(28)26-17-11-12-17)30-25(29)22-19-8-2-3-10-21(19)27-23-16(6-4-9-20(22)23)14-18-7-5-13-31-18/h2-3,5,7-8,10,13-15,17H,4,6,9,11-12H2,1H3,(H,26,28)/b16-14+. The number of amides is 1. The van der Waals surface area contributed by atoms with E-state index in [2.05, 4.69) is 22.8 Å². The molecule has 1 atom stereocenters. The summed E-state index contributed by atoms with van der Waals surface area (Å²) in [5, 5.41) is 5.74. The summed E-state index contributed by atoms with van der Waals surface area (Å²) in [5.41, 5.74) is 4.25. The van der Waals surface area contributed by atoms with Gasteiger partial charge < -0.3 is 10.1 Å². The number of hydrogen-bond acceptors (Lipinski definition) is 5. The van der Waals surface area contributed by atoms with E-state index >= 15 is 0 Å². The lowest BCUT2D eigenvalue weighted by molar-refractivity contribution is -0.129. The van der Waals surface area contributed by atoms with Crippen LogP contribution in [0.2, 0.25) is 0 Å². The molecule has 2 aliphatic rings. The maximum atomic E-state index is 13.3. The van der Waals surface area contributed by atoms with Crippen molar-refractivity contribution in [3.8, 4) is 0 Å². The van der Waals surface area contributed by atoms with Gasteiger partial charge in [-0.1, -0.05) is 24.3 Å². The van der Waals surface area contributed by atoms with Crippen LogP contribution in [-0.4, -0.2) is 29.0 Å². The topological polar surface area (TPSA) is 68.3 Å². The van der Waals surface area contributed by atoms with Crippen molar-refractivity contribution in [3.05, 3.63) is 63.5 Å². The number of nitrogens with zero attached hydrogens (tertiary/aromatic N) is 1. The van der Waals surface area contributed by atoms with E-state index in [1.165, 1.54) is 4.88 Å². The number of fused-ring (bicyclic) bond motifs is 2. The van der Waals surface area contributed by atoms with Gasteiger partial charge in [-0.2, -0.15) is 0 Å². The molecule has 2 aliphatic carbocycles. The van der Waals surface area contributed by atoms with E-state index in [0.717, 1.165) is 59.8 Å². The fourth-order valence-corrected chi connectivity index (χ4v) is 4.75. The highest BCUT2D eigenvalue weighted by molar-refractivity contribution is 7.10. The van der Waals surface area contributed by atoms with Crippen molar-refractivity contribution >= 4 is 45.8 Å². The maximum absolute atomic E-state index is 13.3. The fraction of sp³-hybridized carbons (Fsp3) is 0.320. The van der Waals surface area contributed by atoms with Crippen LogP contribution in [0, 0.1) is 0 Å². The van der Waals surface area contributed by atoms with Gasteiger partial charge in [0.15, 0.2) is 6.10 Å². The Morgan fingerprint density at radius 2 is 2.03 bits per heavy atom. The normalized spacial score (nSPS) is 17.9. The van der Waals surface area contributed by atoms with Gasteiger partial charge in [-0.15, -0.1) is 11.3 Å². The first-order valence-corrected chi connectivity index (χ1v) is 11.7. The summed E-state index contributed by atoms with van der Waals surface area (Å²) in [4.78, 5) is 31.8. The van der Waals surface area contributed by atoms with Crippen molar-refractivity contribution in [2.45, 2.75) is 51.2 Å². The summed E-state index contributed by atoms with van der Waals surface area (Å²) in [5.74, 6) is -0.688. The number of pyridine rings is 1. The smallest absolute Gasteiger partial charge is 0.339 e. The second kappa shape index (κ2) is 8.27. The monoisotopic (exact) mass is 432 g/mol. The SMILES string of the molecule is CC(OC(=O)c1c2c(nc3ccccc13)/C(=C/c1cccs1)CCC2)C(=O)NC1CC1. The molecule has 158 valence electrons. The van der Waals surface area contributed by atoms with Gasteiger partial charge in [0.2, 0.25) is 0 Å². The maximum Gasteiger partial charge on any atom is 0.339 e. The predicted octanol–water partition coefficient (Wildman–Crippen LogP) is 5.00. The number of benzene rings is 1. The Hall–Kier alpha value is -2.99. The van der Waals surface area contributed by atoms with Crippen LogP contribution >= 0.6 is 11.3 Å². The average Bonchev–Trinajstić information content (AvgIpc) is 3.44. The van der Waals surface area contributed by atoms with Gasteiger partial charge in [0, 0.05) is 16.3 Å². The first-order valence-electron chi connectivity index (χ1n) is 10.8. The molecule has 5 rings (SSSR count). The minimum atomic E-state index is -0.833. The molecule has 0 bridgehead atoms. The Labute approximate surface area is 185 Å². The van der Waals surface area contributed by atoms with Gasteiger partial charge in [-0.25, -0.2) is 9.78 Å². The van der Waals surface area contributed by atoms with Crippen LogP contribution in [0.25, 0.3) is 22.6 Å². The molecule has 1 saturated carbocycles. The molecule has 0 aliphatic heterocycles. The van der Waals surface area contributed by atoms with Crippen molar-refractivity contribution in [1.29, 1.82) is 0 Å². The van der Waals surface area contributed by atoms with Gasteiger partial charge in [0.25, 0.3) is 5.91 Å². The quantitative estimate of drug-likeness (QED) is 0.576. The summed E-state index contributed by atoms with van der Waals surface area (Å²) < 4.78 is 5.65. The molecule has 0 spiro atoms. The highest BCUT2D eigenvalue weighted by Gasteiger charge is 2.30. The first-order chi connectivity index (χ1) is 15.1. The van der Waals surface area contributed by atoms with E-state index in [1.807, 2.05) is 30.3 Å². The molecule has 5 nitrogen and oxygen atoms in total. The number of ether oxygens (including phenoxy) is 1. The van der Waals surface area contributed by atoms with Gasteiger partial charge in [-0.05, 0) is 73.8 Å². The van der Waals surface area contributed by atoms with Crippen molar-refractivity contribution in [1.82, 2.24) is 10.3 Å². The van der Waals surface area contributed by atoms with E-state index in [1.54, 1.807) is 18.3 Å².